The molecule has 0 bridgehead atoms. The minimum absolute atomic E-state index is 0. The van der Waals surface area contributed by atoms with Crippen LogP contribution >= 0.6 is 0 Å². The fourth-order valence-electron chi connectivity index (χ4n) is 1.26. The third-order valence-corrected chi connectivity index (χ3v) is 4.73. The second-order valence-corrected chi connectivity index (χ2v) is 6.45. The van der Waals surface area contributed by atoms with Gasteiger partial charge in [-0.05, 0) is 0 Å². The summed E-state index contributed by atoms with van der Waals surface area (Å²) in [7, 11) is -3.67. The van der Waals surface area contributed by atoms with Gasteiger partial charge < -0.3 is 4.70 Å². The number of aliphatic hydroxyl groups is 1. The second-order valence-electron chi connectivity index (χ2n) is 3.42. The Bertz CT molecular complexity index is 465. The molecule has 110 valence electrons. The quantitative estimate of drug-likeness (QED) is 0.337. The predicted molar refractivity (Wildman–Crippen MR) is 65.3 cm³/mol. The van der Waals surface area contributed by atoms with Crippen molar-refractivity contribution in [1.29, 1.82) is 0 Å². The van der Waals surface area contributed by atoms with Gasteiger partial charge in [0, 0.05) is 0 Å². The van der Waals surface area contributed by atoms with Gasteiger partial charge in [-0.3, -0.25) is 12.9 Å². The molecule has 0 atom stereocenters. The Labute approximate surface area is 125 Å². The van der Waals surface area contributed by atoms with Gasteiger partial charge in [-0.15, -0.1) is 0 Å². The number of halogens is 5. The number of hydrogen-bond donors (Lipinski definition) is 1. The van der Waals surface area contributed by atoms with Crippen LogP contribution in [-0.2, 0) is 6.61 Å². The van der Waals surface area contributed by atoms with Crippen molar-refractivity contribution in [3.05, 3.63) is 67.3 Å². The molecule has 0 aliphatic heterocycles. The van der Waals surface area contributed by atoms with E-state index in [-0.39, 0.29) is 32.5 Å². The van der Waals surface area contributed by atoms with E-state index in [2.05, 4.69) is 36.4 Å². The summed E-state index contributed by atoms with van der Waals surface area (Å²) in [6, 6.07) is 18.8. The van der Waals surface area contributed by atoms with E-state index in [0.717, 1.165) is 5.56 Å². The van der Waals surface area contributed by atoms with E-state index in [1.54, 1.807) is 0 Å². The van der Waals surface area contributed by atoms with Crippen molar-refractivity contribution in [1.82, 2.24) is 0 Å². The largest absolute Gasteiger partial charge is 1.00 e. The number of rotatable bonds is 3. The first-order valence-corrected chi connectivity index (χ1v) is 7.59. The third-order valence-electron chi connectivity index (χ3n) is 2.05. The molecule has 20 heavy (non-hydrogen) atoms. The summed E-state index contributed by atoms with van der Waals surface area (Å²) in [6.45, 7) is 0.129. The molecule has 1 nitrogen and oxygen atoms in total. The standard InChI is InChI=1S/C13H12IO.BF3.FH/c15-10-11-6-8-13(9-7-11)14-12-4-2-1-3-5-12;2-1(3)4;/h1-9,15H,10H2;;1H/q-1;;/p-1. The number of hydrogen-bond acceptors (Lipinski definition) is 1. The molecule has 0 amide bonds. The van der Waals surface area contributed by atoms with Crippen molar-refractivity contribution in [3.8, 4) is 0 Å². The molecule has 0 saturated heterocycles. The summed E-state index contributed by atoms with van der Waals surface area (Å²) in [5.74, 6) is 0. The molecular formula is C13H12BF4IO-2. The summed E-state index contributed by atoms with van der Waals surface area (Å²) in [4.78, 5) is 0. The summed E-state index contributed by atoms with van der Waals surface area (Å²) in [6.07, 6.45) is 0. The van der Waals surface area contributed by atoms with Crippen LogP contribution in [0.25, 0.3) is 0 Å². The van der Waals surface area contributed by atoms with Gasteiger partial charge in [0.2, 0.25) is 0 Å². The van der Waals surface area contributed by atoms with E-state index >= 15 is 0 Å². The van der Waals surface area contributed by atoms with Gasteiger partial charge in [-0.2, -0.15) is 0 Å². The van der Waals surface area contributed by atoms with Gasteiger partial charge in [0.15, 0.2) is 0 Å². The Balaban J connectivity index is 0.000000644. The number of benzene rings is 2. The van der Waals surface area contributed by atoms with Crippen molar-refractivity contribution >= 4 is 7.54 Å². The van der Waals surface area contributed by atoms with E-state index < -0.39 is 7.54 Å². The minimum atomic E-state index is -3.67. The molecule has 0 heterocycles. The average Bonchev–Trinajstić information content (AvgIpc) is 2.40. The van der Waals surface area contributed by atoms with E-state index in [4.69, 9.17) is 5.11 Å². The zero-order valence-corrected chi connectivity index (χ0v) is 12.5. The van der Waals surface area contributed by atoms with Crippen LogP contribution in [0.15, 0.2) is 54.6 Å². The first kappa shape index (κ1) is 18.9. The summed E-state index contributed by atoms with van der Waals surface area (Å²) < 4.78 is 31.8. The fourth-order valence-corrected chi connectivity index (χ4v) is 3.47. The molecule has 0 saturated carbocycles. The van der Waals surface area contributed by atoms with Crippen molar-refractivity contribution < 1.29 is 44.0 Å². The normalized spacial score (nSPS) is 9.20. The Kier molecular flexibility index (Phi) is 10.1. The maximum Gasteiger partial charge on any atom is -1.00 e. The van der Waals surface area contributed by atoms with Crippen molar-refractivity contribution in [2.24, 2.45) is 0 Å². The maximum atomic E-state index is 9.67. The van der Waals surface area contributed by atoms with Gasteiger partial charge in [0.25, 0.3) is 0 Å². The Morgan fingerprint density at radius 2 is 1.30 bits per heavy atom. The average molecular weight is 398 g/mol. The Morgan fingerprint density at radius 1 is 0.850 bits per heavy atom. The van der Waals surface area contributed by atoms with Gasteiger partial charge in [-0.25, -0.2) is 0 Å². The maximum absolute atomic E-state index is 9.67. The molecule has 7 heteroatoms. The van der Waals surface area contributed by atoms with Gasteiger partial charge in [0.1, 0.15) is 0 Å². The third kappa shape index (κ3) is 8.16. The van der Waals surface area contributed by atoms with Crippen LogP contribution in [0.5, 0.6) is 0 Å². The fraction of sp³-hybridized carbons (Fsp3) is 0.0769. The van der Waals surface area contributed by atoms with Gasteiger partial charge in [-0.1, -0.05) is 0 Å². The zero-order chi connectivity index (χ0) is 14.1. The molecule has 2 aromatic carbocycles. The second kappa shape index (κ2) is 10.7. The molecule has 0 fully saturated rings. The van der Waals surface area contributed by atoms with Crippen LogP contribution in [0.4, 0.5) is 12.9 Å². The van der Waals surface area contributed by atoms with E-state index in [0.29, 0.717) is 0 Å². The molecule has 1 N–H and O–H groups in total. The van der Waals surface area contributed by atoms with Crippen molar-refractivity contribution in [3.63, 3.8) is 0 Å². The SMILES string of the molecule is FB(F)F.OCc1ccc([I-]c2ccccc2)cc1.[F-]. The molecule has 2 rings (SSSR count). The monoisotopic (exact) mass is 398 g/mol. The molecule has 0 aliphatic rings. The molecular weight excluding hydrogens is 386 g/mol. The molecule has 0 radical (unpaired) electrons. The van der Waals surface area contributed by atoms with Crippen molar-refractivity contribution in [2.45, 2.75) is 6.61 Å². The Hall–Kier alpha value is -1.09. The van der Waals surface area contributed by atoms with Crippen LogP contribution in [0, 0.1) is 7.14 Å². The van der Waals surface area contributed by atoms with Gasteiger partial charge >= 0.3 is 108 Å². The molecule has 0 spiro atoms. The minimum Gasteiger partial charge on any atom is -1.00 e. The van der Waals surface area contributed by atoms with E-state index in [1.807, 2.05) is 18.2 Å². The van der Waals surface area contributed by atoms with Crippen LogP contribution in [-0.4, -0.2) is 12.7 Å². The molecule has 0 aromatic heterocycles. The first-order valence-electron chi connectivity index (χ1n) is 5.43. The van der Waals surface area contributed by atoms with Crippen LogP contribution in [0.3, 0.4) is 0 Å². The van der Waals surface area contributed by atoms with Crippen molar-refractivity contribution in [2.75, 3.05) is 0 Å². The van der Waals surface area contributed by atoms with E-state index in [1.165, 1.54) is 7.14 Å². The predicted octanol–water partition coefficient (Wildman–Crippen LogP) is -2.81. The smallest absolute Gasteiger partial charge is 1.00 e. The zero-order valence-electron chi connectivity index (χ0n) is 10.3. The Morgan fingerprint density at radius 3 is 1.75 bits per heavy atom. The molecule has 2 aromatic rings. The molecule has 0 unspecified atom stereocenters. The van der Waals surface area contributed by atoms with Crippen LogP contribution in [0.2, 0.25) is 0 Å². The summed E-state index contributed by atoms with van der Waals surface area (Å²) in [5.41, 5.74) is 0.982. The summed E-state index contributed by atoms with van der Waals surface area (Å²) in [5, 5.41) is 8.93. The summed E-state index contributed by atoms with van der Waals surface area (Å²) >= 11 is -0.0710. The topological polar surface area (TPSA) is 20.2 Å². The molecule has 0 aliphatic carbocycles. The van der Waals surface area contributed by atoms with Crippen LogP contribution < -0.4 is 25.9 Å². The van der Waals surface area contributed by atoms with Crippen LogP contribution in [0.1, 0.15) is 5.56 Å². The number of aliphatic hydroxyl groups excluding tert-OH is 1. The van der Waals surface area contributed by atoms with Gasteiger partial charge in [0.05, 0.1) is 0 Å². The van der Waals surface area contributed by atoms with E-state index in [9.17, 15) is 12.9 Å². The first-order chi connectivity index (χ1) is 9.11.